The van der Waals surface area contributed by atoms with Gasteiger partial charge in [-0.05, 0) is 57.5 Å². The van der Waals surface area contributed by atoms with Crippen LogP contribution in [-0.4, -0.2) is 30.5 Å². The zero-order valence-electron chi connectivity index (χ0n) is 16.6. The van der Waals surface area contributed by atoms with Crippen molar-refractivity contribution in [3.8, 4) is 10.4 Å². The predicted molar refractivity (Wildman–Crippen MR) is 117 cm³/mol. The molecule has 0 bridgehead atoms. The number of ether oxygens (including phenoxy) is 1. The van der Waals surface area contributed by atoms with Gasteiger partial charge in [0.05, 0.1) is 16.0 Å². The Kier molecular flexibility index (Phi) is 6.88. The van der Waals surface area contributed by atoms with E-state index in [1.807, 2.05) is 37.4 Å². The van der Waals surface area contributed by atoms with E-state index in [4.69, 9.17) is 9.72 Å². The quantitative estimate of drug-likeness (QED) is 0.605. The summed E-state index contributed by atoms with van der Waals surface area (Å²) in [4.78, 5) is 17.9. The van der Waals surface area contributed by atoms with Gasteiger partial charge in [0.2, 0.25) is 0 Å². The fourth-order valence-corrected chi connectivity index (χ4v) is 5.78. The molecule has 1 aliphatic rings. The molecule has 0 spiro atoms. The molecule has 27 heavy (non-hydrogen) atoms. The van der Waals surface area contributed by atoms with Gasteiger partial charge in [0.25, 0.3) is 0 Å². The van der Waals surface area contributed by atoms with Crippen molar-refractivity contribution in [3.63, 3.8) is 0 Å². The van der Waals surface area contributed by atoms with E-state index in [9.17, 15) is 4.79 Å². The normalized spacial score (nSPS) is 15.3. The number of carbonyl (C=O) groups excluding carboxylic acids is 1. The van der Waals surface area contributed by atoms with Crippen molar-refractivity contribution in [2.24, 2.45) is 0 Å². The van der Waals surface area contributed by atoms with E-state index >= 15 is 0 Å². The Hall–Kier alpha value is -1.45. The molecule has 3 rings (SSSR count). The maximum Gasteiger partial charge on any atom is 0.411 e. The predicted octanol–water partition coefficient (Wildman–Crippen LogP) is 6.18. The number of hydrogen-bond donors (Lipinski definition) is 1. The lowest BCUT2D eigenvalue weighted by Crippen LogP contribution is -2.19. The fraction of sp³-hybridized carbons (Fsp3) is 0.524. The summed E-state index contributed by atoms with van der Waals surface area (Å²) in [5.41, 5.74) is 2.03. The first-order valence-corrected chi connectivity index (χ1v) is 12.7. The number of rotatable bonds is 5. The van der Waals surface area contributed by atoms with E-state index in [0.717, 1.165) is 5.69 Å². The smallest absolute Gasteiger partial charge is 0.411 e. The molecule has 0 unspecified atom stereocenters. The lowest BCUT2D eigenvalue weighted by Gasteiger charge is -2.19. The largest absolute Gasteiger partial charge is 0.447 e. The van der Waals surface area contributed by atoms with Crippen molar-refractivity contribution in [1.29, 1.82) is 0 Å². The van der Waals surface area contributed by atoms with E-state index in [1.54, 1.807) is 0 Å². The van der Waals surface area contributed by atoms with Crippen LogP contribution in [0.15, 0.2) is 24.4 Å². The van der Waals surface area contributed by atoms with E-state index in [0.29, 0.717) is 5.92 Å². The molecule has 0 aliphatic heterocycles. The molecule has 1 amide bonds. The summed E-state index contributed by atoms with van der Waals surface area (Å²) in [5.74, 6) is 0.637. The monoisotopic (exact) mass is 404 g/mol. The minimum absolute atomic E-state index is 0.131. The fourth-order valence-electron chi connectivity index (χ4n) is 3.50. The molecular formula is C21H29N2O2PS. The lowest BCUT2D eigenvalue weighted by molar-refractivity contribution is 0.130. The Morgan fingerprint density at radius 3 is 2.67 bits per heavy atom. The molecule has 2 aromatic rings. The molecule has 1 heterocycles. The van der Waals surface area contributed by atoms with Gasteiger partial charge in [0, 0.05) is 23.4 Å². The molecule has 1 aliphatic carbocycles. The molecule has 1 aromatic heterocycles. The second kappa shape index (κ2) is 9.16. The first-order valence-electron chi connectivity index (χ1n) is 9.69. The Morgan fingerprint density at radius 1 is 1.26 bits per heavy atom. The van der Waals surface area contributed by atoms with Gasteiger partial charge in [-0.25, -0.2) is 9.78 Å². The highest BCUT2D eigenvalue weighted by Gasteiger charge is 2.20. The van der Waals surface area contributed by atoms with Crippen LogP contribution in [-0.2, 0) is 4.74 Å². The number of anilines is 1. The Balaban J connectivity index is 1.82. The number of thiazole rings is 1. The van der Waals surface area contributed by atoms with E-state index in [-0.39, 0.29) is 14.0 Å². The number of carbonyl (C=O) groups is 1. The van der Waals surface area contributed by atoms with Crippen molar-refractivity contribution in [2.75, 3.05) is 18.6 Å². The van der Waals surface area contributed by atoms with Gasteiger partial charge in [0.15, 0.2) is 0 Å². The second-order valence-electron chi connectivity index (χ2n) is 7.60. The molecule has 1 aromatic carbocycles. The number of nitrogens with one attached hydrogen (secondary N) is 1. The molecular weight excluding hydrogens is 375 g/mol. The van der Waals surface area contributed by atoms with Crippen LogP contribution in [0, 0.1) is 0 Å². The minimum Gasteiger partial charge on any atom is -0.447 e. The molecule has 0 atom stereocenters. The van der Waals surface area contributed by atoms with Gasteiger partial charge in [-0.1, -0.05) is 33.3 Å². The highest BCUT2D eigenvalue weighted by atomic mass is 32.1. The Bertz CT molecular complexity index is 782. The lowest BCUT2D eigenvalue weighted by atomic mass is 9.90. The van der Waals surface area contributed by atoms with Crippen molar-refractivity contribution >= 4 is 36.3 Å². The second-order valence-corrected chi connectivity index (χ2v) is 10.9. The molecule has 6 heteroatoms. The van der Waals surface area contributed by atoms with Gasteiger partial charge >= 0.3 is 6.09 Å². The summed E-state index contributed by atoms with van der Waals surface area (Å²) in [5, 5.41) is 5.41. The minimum atomic E-state index is -0.405. The Morgan fingerprint density at radius 2 is 2.00 bits per heavy atom. The summed E-state index contributed by atoms with van der Waals surface area (Å²) in [7, 11) is -0.316. The van der Waals surface area contributed by atoms with Gasteiger partial charge in [-0.15, -0.1) is 11.3 Å². The van der Waals surface area contributed by atoms with Crippen molar-refractivity contribution in [2.45, 2.75) is 58.0 Å². The molecule has 1 saturated carbocycles. The molecule has 0 radical (unpaired) electrons. The molecule has 0 saturated heterocycles. The summed E-state index contributed by atoms with van der Waals surface area (Å²) in [6, 6.07) is 6.16. The van der Waals surface area contributed by atoms with Crippen molar-refractivity contribution < 1.29 is 9.53 Å². The topological polar surface area (TPSA) is 51.2 Å². The number of benzene rings is 1. The van der Waals surface area contributed by atoms with Gasteiger partial charge in [-0.2, -0.15) is 0 Å². The van der Waals surface area contributed by atoms with Crippen molar-refractivity contribution in [3.05, 3.63) is 29.4 Å². The van der Waals surface area contributed by atoms with Crippen LogP contribution >= 0.6 is 19.3 Å². The van der Waals surface area contributed by atoms with Crippen LogP contribution < -0.4 is 10.6 Å². The number of hydrogen-bond acceptors (Lipinski definition) is 4. The SMILES string of the molecule is CC(C)OC(=O)Nc1ccc(-c2cnc(C3CCCCC3)s2)c(P(C)C)c1. The highest BCUT2D eigenvalue weighted by Crippen LogP contribution is 2.39. The average molecular weight is 405 g/mol. The number of amides is 1. The standard InChI is InChI=1S/C21H29N2O2PS/c1-14(2)25-21(24)23-16-10-11-17(18(12-16)26(3)4)19-13-22-20(27-19)15-8-6-5-7-9-15/h10-15H,5-9H2,1-4H3,(H,23,24). The van der Waals surface area contributed by atoms with Crippen molar-refractivity contribution in [1.82, 2.24) is 4.98 Å². The maximum absolute atomic E-state index is 11.9. The van der Waals surface area contributed by atoms with E-state index in [1.165, 1.54) is 52.9 Å². The summed E-state index contributed by atoms with van der Waals surface area (Å²) < 4.78 is 5.19. The van der Waals surface area contributed by atoms with Gasteiger partial charge in [-0.3, -0.25) is 5.32 Å². The van der Waals surface area contributed by atoms with Gasteiger partial charge < -0.3 is 4.74 Å². The van der Waals surface area contributed by atoms with Crippen LogP contribution in [0.4, 0.5) is 10.5 Å². The zero-order valence-corrected chi connectivity index (χ0v) is 18.3. The number of nitrogens with zero attached hydrogens (tertiary/aromatic N) is 1. The molecule has 1 N–H and O–H groups in total. The molecule has 146 valence electrons. The van der Waals surface area contributed by atoms with Crippen LogP contribution in [0.5, 0.6) is 0 Å². The Labute approximate surface area is 167 Å². The molecule has 4 nitrogen and oxygen atoms in total. The first-order chi connectivity index (χ1) is 12.9. The number of aromatic nitrogens is 1. The summed E-state index contributed by atoms with van der Waals surface area (Å²) in [6.45, 7) is 8.18. The van der Waals surface area contributed by atoms with Crippen LogP contribution in [0.1, 0.15) is 56.9 Å². The first kappa shape index (κ1) is 20.3. The highest BCUT2D eigenvalue weighted by molar-refractivity contribution is 7.64. The third-order valence-electron chi connectivity index (χ3n) is 4.81. The summed E-state index contributed by atoms with van der Waals surface area (Å²) in [6.07, 6.45) is 8.06. The zero-order chi connectivity index (χ0) is 19.4. The van der Waals surface area contributed by atoms with Crippen LogP contribution in [0.3, 0.4) is 0 Å². The van der Waals surface area contributed by atoms with E-state index < -0.39 is 6.09 Å². The third-order valence-corrected chi connectivity index (χ3v) is 7.34. The molecule has 1 fully saturated rings. The van der Waals surface area contributed by atoms with Crippen LogP contribution in [0.2, 0.25) is 0 Å². The van der Waals surface area contributed by atoms with E-state index in [2.05, 4.69) is 30.8 Å². The van der Waals surface area contributed by atoms with Gasteiger partial charge in [0.1, 0.15) is 0 Å². The average Bonchev–Trinajstić information content (AvgIpc) is 3.11. The maximum atomic E-state index is 11.9. The summed E-state index contributed by atoms with van der Waals surface area (Å²) >= 11 is 1.84. The van der Waals surface area contributed by atoms with Crippen LogP contribution in [0.25, 0.3) is 10.4 Å². The third kappa shape index (κ3) is 5.30.